The molecule has 0 aliphatic heterocycles. The molecule has 0 spiro atoms. The second-order valence-electron chi connectivity index (χ2n) is 23.4. The van der Waals surface area contributed by atoms with Gasteiger partial charge in [-0.1, -0.05) is 278 Å². The van der Waals surface area contributed by atoms with Crippen molar-refractivity contribution in [3.8, 4) is 0 Å². The van der Waals surface area contributed by atoms with E-state index in [4.69, 9.17) is 18.5 Å². The van der Waals surface area contributed by atoms with Crippen LogP contribution in [0.1, 0.15) is 232 Å². The van der Waals surface area contributed by atoms with Crippen LogP contribution in [0.25, 0.3) is 0 Å². The fourth-order valence-electron chi connectivity index (χ4n) is 8.55. The maximum Gasteiger partial charge on any atom is 0.472 e. The Balaban J connectivity index is 4.22. The number of carbonyl (C=O) groups is 2. The van der Waals surface area contributed by atoms with Crippen LogP contribution in [-0.2, 0) is 32.7 Å². The average Bonchev–Trinajstić information content (AvgIpc) is 3.58. The van der Waals surface area contributed by atoms with Crippen molar-refractivity contribution in [2.45, 2.75) is 238 Å². The summed E-state index contributed by atoms with van der Waals surface area (Å²) in [4.78, 5) is 35.9. The number of quaternary nitrogens is 1. The number of likely N-dealkylation sites (N-methyl/N-ethyl adjacent to an activating group) is 1. The second-order valence-corrected chi connectivity index (χ2v) is 24.9. The molecule has 2 unspecified atom stereocenters. The van der Waals surface area contributed by atoms with Crippen molar-refractivity contribution in [2.24, 2.45) is 0 Å². The Morgan fingerprint density at radius 3 is 0.889 bits per heavy atom. The maximum atomic E-state index is 12.9. The summed E-state index contributed by atoms with van der Waals surface area (Å²) < 4.78 is 34.7. The number of phosphoric acid groups is 1. The van der Waals surface area contributed by atoms with Crippen molar-refractivity contribution >= 4 is 19.8 Å². The summed E-state index contributed by atoms with van der Waals surface area (Å²) >= 11 is 0. The minimum absolute atomic E-state index is 0.0144. The SMILES string of the molecule is CC/C=C\C/C=C\C/C=C\C/C=C\C/C=C\C/C=C\C/C=C\C/C=C\C/C=C\C/C=C\CCCCCCCCC(=O)OC(COC(=O)CCCCCCCCC/C=C\C/C=C\C/C=C\C/C=C\C/C=C\C/C=C\C/C=C\CC)COP(=O)(O)OCC[N+](C)(C)C. The highest BCUT2D eigenvalue weighted by atomic mass is 31.2. The maximum absolute atomic E-state index is 12.9. The van der Waals surface area contributed by atoms with Gasteiger partial charge in [0.2, 0.25) is 0 Å². The van der Waals surface area contributed by atoms with Gasteiger partial charge in [-0.05, 0) is 148 Å². The molecule has 0 aliphatic rings. The highest BCUT2D eigenvalue weighted by Gasteiger charge is 2.27. The van der Waals surface area contributed by atoms with E-state index >= 15 is 0 Å². The quantitative estimate of drug-likeness (QED) is 0.0211. The van der Waals surface area contributed by atoms with E-state index in [-0.39, 0.29) is 26.1 Å². The second kappa shape index (κ2) is 68.0. The highest BCUT2D eigenvalue weighted by molar-refractivity contribution is 7.47. The predicted octanol–water partition coefficient (Wildman–Crippen LogP) is 23.0. The van der Waals surface area contributed by atoms with Gasteiger partial charge in [0.25, 0.3) is 0 Å². The standard InChI is InChI=1S/C80H126NO8P/c1-6-8-10-12-14-16-18-20-22-24-26-28-30-32-34-36-37-38-39-40-41-42-43-45-47-49-51-53-55-57-59-61-63-65-67-69-71-73-80(83)89-78(77-88-90(84,85)87-75-74-81(3,4)5)76-86-79(82)72-70-68-66-64-62-60-58-56-54-52-50-48-46-44-35-33-31-29-27-25-23-21-19-17-15-13-11-9-7-2/h8-11,14-17,20-23,26-29,32-35,37-38,40-41,43,45-46,48-49,51-52,54-55,57,78H,6-7,12-13,18-19,24-25,30-31,36,39,42,44,47,50,53,56,58-77H2,1-5H3/p+1/b10-8-,11-9-,16-14-,17-15-,22-20-,23-21-,28-26-,29-27-,34-32-,35-33-,38-37-,41-40-,45-43-,48-46-,51-49-,54-52-,57-55-. The summed E-state index contributed by atoms with van der Waals surface area (Å²) in [6.07, 6.45) is 108. The Kier molecular flexibility index (Phi) is 63.9. The molecule has 10 heteroatoms. The number of hydrogen-bond donors (Lipinski definition) is 1. The fraction of sp³-hybridized carbons (Fsp3) is 0.550. The highest BCUT2D eigenvalue weighted by Crippen LogP contribution is 2.43. The van der Waals surface area contributed by atoms with Crippen molar-refractivity contribution in [1.82, 2.24) is 0 Å². The Hall–Kier alpha value is -5.41. The van der Waals surface area contributed by atoms with Crippen molar-refractivity contribution in [3.63, 3.8) is 0 Å². The van der Waals surface area contributed by atoms with Crippen LogP contribution in [0.3, 0.4) is 0 Å². The molecule has 504 valence electrons. The van der Waals surface area contributed by atoms with Crippen LogP contribution >= 0.6 is 7.82 Å². The largest absolute Gasteiger partial charge is 0.472 e. The number of hydrogen-bond acceptors (Lipinski definition) is 7. The number of ether oxygens (including phenoxy) is 2. The van der Waals surface area contributed by atoms with E-state index in [2.05, 4.69) is 220 Å². The monoisotopic (exact) mass is 1260 g/mol. The van der Waals surface area contributed by atoms with Crippen molar-refractivity contribution in [3.05, 3.63) is 207 Å². The first-order valence-corrected chi connectivity index (χ1v) is 36.3. The molecule has 0 radical (unpaired) electrons. The number of carbonyl (C=O) groups excluding carboxylic acids is 2. The molecule has 0 aromatic rings. The van der Waals surface area contributed by atoms with Crippen LogP contribution in [-0.4, -0.2) is 74.9 Å². The lowest BCUT2D eigenvalue weighted by Gasteiger charge is -2.24. The molecule has 0 aliphatic carbocycles. The summed E-state index contributed by atoms with van der Waals surface area (Å²) in [5.41, 5.74) is 0. The van der Waals surface area contributed by atoms with Crippen molar-refractivity contribution in [1.29, 1.82) is 0 Å². The normalized spacial score (nSPS) is 14.4. The summed E-state index contributed by atoms with van der Waals surface area (Å²) in [5, 5.41) is 0. The van der Waals surface area contributed by atoms with Gasteiger partial charge in [-0.25, -0.2) is 4.57 Å². The van der Waals surface area contributed by atoms with Gasteiger partial charge in [0.05, 0.1) is 27.7 Å². The third-order valence-electron chi connectivity index (χ3n) is 13.8. The van der Waals surface area contributed by atoms with Crippen LogP contribution in [0.15, 0.2) is 207 Å². The lowest BCUT2D eigenvalue weighted by molar-refractivity contribution is -0.870. The molecule has 0 aromatic heterocycles. The van der Waals surface area contributed by atoms with Gasteiger partial charge in [0, 0.05) is 12.8 Å². The van der Waals surface area contributed by atoms with Gasteiger partial charge in [-0.3, -0.25) is 18.6 Å². The smallest absolute Gasteiger partial charge is 0.462 e. The van der Waals surface area contributed by atoms with Crippen LogP contribution in [0.4, 0.5) is 0 Å². The fourth-order valence-corrected chi connectivity index (χ4v) is 9.29. The number of phosphoric ester groups is 1. The Morgan fingerprint density at radius 1 is 0.344 bits per heavy atom. The summed E-state index contributed by atoms with van der Waals surface area (Å²) in [6.45, 7) is 4.14. The Labute approximate surface area is 551 Å². The van der Waals surface area contributed by atoms with E-state index in [1.54, 1.807) is 0 Å². The van der Waals surface area contributed by atoms with E-state index < -0.39 is 32.5 Å². The first kappa shape index (κ1) is 84.6. The molecule has 9 nitrogen and oxygen atoms in total. The molecule has 1 N–H and O–H groups in total. The van der Waals surface area contributed by atoms with Gasteiger partial charge < -0.3 is 18.9 Å². The number of esters is 2. The first-order valence-electron chi connectivity index (χ1n) is 34.8. The Bertz CT molecular complexity index is 2270. The van der Waals surface area contributed by atoms with Crippen LogP contribution in [0, 0.1) is 0 Å². The zero-order valence-corrected chi connectivity index (χ0v) is 58.2. The van der Waals surface area contributed by atoms with Gasteiger partial charge in [-0.15, -0.1) is 0 Å². The summed E-state index contributed by atoms with van der Waals surface area (Å²) in [5.74, 6) is -0.844. The van der Waals surface area contributed by atoms with Gasteiger partial charge >= 0.3 is 19.8 Å². The molecule has 90 heavy (non-hydrogen) atoms. The molecule has 0 saturated carbocycles. The van der Waals surface area contributed by atoms with Crippen molar-refractivity contribution < 1.29 is 42.1 Å². The number of nitrogens with zero attached hydrogens (tertiary/aromatic N) is 1. The topological polar surface area (TPSA) is 108 Å². The molecule has 0 fully saturated rings. The van der Waals surface area contributed by atoms with Gasteiger partial charge in [0.1, 0.15) is 19.8 Å². The lowest BCUT2D eigenvalue weighted by atomic mass is 10.1. The third kappa shape index (κ3) is 71.7. The zero-order chi connectivity index (χ0) is 65.5. The van der Waals surface area contributed by atoms with Crippen LogP contribution in [0.5, 0.6) is 0 Å². The third-order valence-corrected chi connectivity index (χ3v) is 14.8. The van der Waals surface area contributed by atoms with Crippen LogP contribution < -0.4 is 0 Å². The molecule has 0 heterocycles. The van der Waals surface area contributed by atoms with Crippen molar-refractivity contribution in [2.75, 3.05) is 47.5 Å². The van der Waals surface area contributed by atoms with E-state index in [9.17, 15) is 19.0 Å². The van der Waals surface area contributed by atoms with E-state index in [0.29, 0.717) is 23.9 Å². The van der Waals surface area contributed by atoms with E-state index in [1.807, 2.05) is 21.1 Å². The van der Waals surface area contributed by atoms with Gasteiger partial charge in [0.15, 0.2) is 6.10 Å². The van der Waals surface area contributed by atoms with E-state index in [1.165, 1.54) is 19.3 Å². The van der Waals surface area contributed by atoms with Crippen LogP contribution in [0.2, 0.25) is 0 Å². The first-order chi connectivity index (χ1) is 44.0. The molecular formula is C80H127NO8P+. The lowest BCUT2D eigenvalue weighted by Crippen LogP contribution is -2.37. The number of allylic oxidation sites excluding steroid dienone is 34. The zero-order valence-electron chi connectivity index (χ0n) is 57.3. The number of rotatable bonds is 61. The number of unbranched alkanes of at least 4 members (excludes halogenated alkanes) is 13. The minimum Gasteiger partial charge on any atom is -0.462 e. The molecule has 0 saturated heterocycles. The molecule has 0 amide bonds. The van der Waals surface area contributed by atoms with E-state index in [0.717, 1.165) is 173 Å². The minimum atomic E-state index is -4.42. The molecule has 0 rings (SSSR count). The molecule has 0 bridgehead atoms. The summed E-state index contributed by atoms with van der Waals surface area (Å²) in [6, 6.07) is 0. The Morgan fingerprint density at radius 2 is 0.600 bits per heavy atom. The summed E-state index contributed by atoms with van der Waals surface area (Å²) in [7, 11) is 1.43. The molecule has 2 atom stereocenters. The average molecular weight is 1260 g/mol. The van der Waals surface area contributed by atoms with Gasteiger partial charge in [-0.2, -0.15) is 0 Å². The molecular weight excluding hydrogens is 1130 g/mol. The predicted molar refractivity (Wildman–Crippen MR) is 389 cm³/mol. The molecule has 0 aromatic carbocycles.